The first kappa shape index (κ1) is 17.2. The topological polar surface area (TPSA) is 96.5 Å². The Hall–Kier alpha value is -3.61. The summed E-state index contributed by atoms with van der Waals surface area (Å²) >= 11 is 0. The van der Waals surface area contributed by atoms with E-state index in [1.165, 1.54) is 0 Å². The fourth-order valence-electron chi connectivity index (χ4n) is 2.47. The summed E-state index contributed by atoms with van der Waals surface area (Å²) in [4.78, 5) is 36.4. The van der Waals surface area contributed by atoms with Crippen LogP contribution in [-0.2, 0) is 14.3 Å². The number of carbonyl (C=O) groups excluding carboxylic acids is 3. The molecule has 132 valence electrons. The van der Waals surface area contributed by atoms with Crippen molar-refractivity contribution in [3.8, 4) is 0 Å². The van der Waals surface area contributed by atoms with E-state index >= 15 is 0 Å². The molecule has 3 N–H and O–H groups in total. The third kappa shape index (κ3) is 3.72. The van der Waals surface area contributed by atoms with Crippen molar-refractivity contribution in [2.75, 3.05) is 22.6 Å². The van der Waals surface area contributed by atoms with Crippen LogP contribution < -0.4 is 16.0 Å². The lowest BCUT2D eigenvalue weighted by Gasteiger charge is -2.20. The summed E-state index contributed by atoms with van der Waals surface area (Å²) in [6, 6.07) is 13.7. The quantitative estimate of drug-likeness (QED) is 0.581. The van der Waals surface area contributed by atoms with E-state index in [1.54, 1.807) is 49.4 Å². The Labute approximate surface area is 150 Å². The van der Waals surface area contributed by atoms with Crippen molar-refractivity contribution in [1.82, 2.24) is 0 Å². The molecule has 2 aromatic carbocycles. The molecule has 0 radical (unpaired) electrons. The molecule has 0 aromatic heterocycles. The SMILES string of the molecule is CCOC(=O)c1ccccc1NC(=O)/C=C1/Nc2ccccc2NC1=O. The summed E-state index contributed by atoms with van der Waals surface area (Å²) in [5, 5.41) is 8.22. The molecule has 0 fully saturated rings. The average Bonchev–Trinajstić information content (AvgIpc) is 2.63. The fraction of sp³-hybridized carbons (Fsp3) is 0.105. The predicted molar refractivity (Wildman–Crippen MR) is 97.8 cm³/mol. The molecule has 0 bridgehead atoms. The smallest absolute Gasteiger partial charge is 0.340 e. The zero-order chi connectivity index (χ0) is 18.5. The minimum atomic E-state index is -0.543. The van der Waals surface area contributed by atoms with E-state index in [4.69, 9.17) is 4.74 Å². The Bertz CT molecular complexity index is 905. The number of amides is 2. The summed E-state index contributed by atoms with van der Waals surface area (Å²) in [5.41, 5.74) is 1.99. The molecule has 1 heterocycles. The number of hydrogen-bond donors (Lipinski definition) is 3. The van der Waals surface area contributed by atoms with Crippen LogP contribution in [0.25, 0.3) is 0 Å². The number of rotatable bonds is 4. The molecule has 0 atom stereocenters. The van der Waals surface area contributed by atoms with E-state index in [2.05, 4.69) is 16.0 Å². The van der Waals surface area contributed by atoms with E-state index < -0.39 is 17.8 Å². The fourth-order valence-corrected chi connectivity index (χ4v) is 2.47. The van der Waals surface area contributed by atoms with Gasteiger partial charge in [-0.1, -0.05) is 24.3 Å². The van der Waals surface area contributed by atoms with Gasteiger partial charge in [-0.3, -0.25) is 9.59 Å². The second-order valence-corrected chi connectivity index (χ2v) is 5.44. The van der Waals surface area contributed by atoms with Crippen LogP contribution in [0.1, 0.15) is 17.3 Å². The average molecular weight is 351 g/mol. The van der Waals surface area contributed by atoms with Crippen LogP contribution in [0.5, 0.6) is 0 Å². The number of fused-ring (bicyclic) bond motifs is 1. The minimum Gasteiger partial charge on any atom is -0.462 e. The molecule has 7 nitrogen and oxygen atoms in total. The third-order valence-electron chi connectivity index (χ3n) is 3.64. The van der Waals surface area contributed by atoms with Crippen molar-refractivity contribution in [3.05, 3.63) is 65.9 Å². The molecule has 0 aliphatic carbocycles. The van der Waals surface area contributed by atoms with Crippen molar-refractivity contribution in [1.29, 1.82) is 0 Å². The molecule has 26 heavy (non-hydrogen) atoms. The zero-order valence-corrected chi connectivity index (χ0v) is 14.0. The molecule has 1 aliphatic rings. The van der Waals surface area contributed by atoms with E-state index in [0.29, 0.717) is 17.1 Å². The van der Waals surface area contributed by atoms with Crippen LogP contribution in [0.15, 0.2) is 60.3 Å². The van der Waals surface area contributed by atoms with Crippen molar-refractivity contribution in [3.63, 3.8) is 0 Å². The lowest BCUT2D eigenvalue weighted by atomic mass is 10.1. The number of para-hydroxylation sites is 3. The van der Waals surface area contributed by atoms with Gasteiger partial charge < -0.3 is 20.7 Å². The molecular formula is C19H17N3O4. The number of nitrogens with one attached hydrogen (secondary N) is 3. The molecule has 0 saturated carbocycles. The van der Waals surface area contributed by atoms with E-state index in [9.17, 15) is 14.4 Å². The van der Waals surface area contributed by atoms with Crippen molar-refractivity contribution >= 4 is 34.8 Å². The second kappa shape index (κ2) is 7.52. The summed E-state index contributed by atoms with van der Waals surface area (Å²) in [5.74, 6) is -1.49. The summed E-state index contributed by atoms with van der Waals surface area (Å²) < 4.78 is 4.97. The van der Waals surface area contributed by atoms with Gasteiger partial charge in [0.25, 0.3) is 11.8 Å². The summed E-state index contributed by atoms with van der Waals surface area (Å²) in [7, 11) is 0. The van der Waals surface area contributed by atoms with Crippen molar-refractivity contribution < 1.29 is 19.1 Å². The van der Waals surface area contributed by atoms with Crippen LogP contribution >= 0.6 is 0 Å². The predicted octanol–water partition coefficient (Wildman–Crippen LogP) is 2.75. The Morgan fingerprint density at radius 1 is 1.04 bits per heavy atom. The first-order chi connectivity index (χ1) is 12.6. The lowest BCUT2D eigenvalue weighted by Crippen LogP contribution is -2.27. The highest BCUT2D eigenvalue weighted by molar-refractivity contribution is 6.15. The number of benzene rings is 2. The molecule has 0 saturated heterocycles. The Balaban J connectivity index is 1.79. The minimum absolute atomic E-state index is 0.106. The lowest BCUT2D eigenvalue weighted by molar-refractivity contribution is -0.114. The monoisotopic (exact) mass is 351 g/mol. The molecule has 0 unspecified atom stereocenters. The van der Waals surface area contributed by atoms with Crippen molar-refractivity contribution in [2.24, 2.45) is 0 Å². The van der Waals surface area contributed by atoms with Gasteiger partial charge in [-0.05, 0) is 31.2 Å². The van der Waals surface area contributed by atoms with Gasteiger partial charge in [0, 0.05) is 6.08 Å². The highest BCUT2D eigenvalue weighted by Crippen LogP contribution is 2.27. The second-order valence-electron chi connectivity index (χ2n) is 5.44. The van der Waals surface area contributed by atoms with Gasteiger partial charge in [-0.2, -0.15) is 0 Å². The van der Waals surface area contributed by atoms with Crippen LogP contribution in [0, 0.1) is 0 Å². The van der Waals surface area contributed by atoms with Crippen LogP contribution in [-0.4, -0.2) is 24.4 Å². The Kier molecular flexibility index (Phi) is 4.98. The Morgan fingerprint density at radius 2 is 1.69 bits per heavy atom. The maximum Gasteiger partial charge on any atom is 0.340 e. The highest BCUT2D eigenvalue weighted by atomic mass is 16.5. The molecular weight excluding hydrogens is 334 g/mol. The van der Waals surface area contributed by atoms with Crippen molar-refractivity contribution in [2.45, 2.75) is 6.92 Å². The highest BCUT2D eigenvalue weighted by Gasteiger charge is 2.20. The maximum atomic E-state index is 12.3. The third-order valence-corrected chi connectivity index (χ3v) is 3.64. The van der Waals surface area contributed by atoms with Gasteiger partial charge in [-0.15, -0.1) is 0 Å². The van der Waals surface area contributed by atoms with E-state index in [1.807, 2.05) is 6.07 Å². The van der Waals surface area contributed by atoms with E-state index in [0.717, 1.165) is 6.08 Å². The van der Waals surface area contributed by atoms with Gasteiger partial charge in [-0.25, -0.2) is 4.79 Å². The molecule has 1 aliphatic heterocycles. The summed E-state index contributed by atoms with van der Waals surface area (Å²) in [6.07, 6.45) is 1.15. The van der Waals surface area contributed by atoms with Gasteiger partial charge in [0.1, 0.15) is 5.70 Å². The molecule has 3 rings (SSSR count). The molecule has 2 amide bonds. The number of carbonyl (C=O) groups is 3. The van der Waals surface area contributed by atoms with Gasteiger partial charge >= 0.3 is 5.97 Å². The van der Waals surface area contributed by atoms with Crippen LogP contribution in [0.2, 0.25) is 0 Å². The normalized spacial score (nSPS) is 14.0. The first-order valence-corrected chi connectivity index (χ1v) is 8.04. The standard InChI is InChI=1S/C19H17N3O4/c1-2-26-19(25)12-7-3-4-8-13(12)21-17(23)11-16-18(24)22-15-10-6-5-9-14(15)20-16/h3-11,20H,2H2,1H3,(H,21,23)(H,22,24)/b16-11+. The number of esters is 1. The van der Waals surface area contributed by atoms with Gasteiger partial charge in [0.15, 0.2) is 0 Å². The first-order valence-electron chi connectivity index (χ1n) is 8.04. The number of ether oxygens (including phenoxy) is 1. The van der Waals surface area contributed by atoms with Crippen LogP contribution in [0.3, 0.4) is 0 Å². The zero-order valence-electron chi connectivity index (χ0n) is 14.0. The number of hydrogen-bond acceptors (Lipinski definition) is 5. The molecule has 0 spiro atoms. The van der Waals surface area contributed by atoms with Crippen LogP contribution in [0.4, 0.5) is 17.1 Å². The van der Waals surface area contributed by atoms with E-state index in [-0.39, 0.29) is 17.9 Å². The van der Waals surface area contributed by atoms with Gasteiger partial charge in [0.2, 0.25) is 0 Å². The van der Waals surface area contributed by atoms with Gasteiger partial charge in [0.05, 0.1) is 29.2 Å². The number of anilines is 3. The molecule has 2 aromatic rings. The molecule has 7 heteroatoms. The maximum absolute atomic E-state index is 12.3. The summed E-state index contributed by atoms with van der Waals surface area (Å²) in [6.45, 7) is 1.93. The Morgan fingerprint density at radius 3 is 2.42 bits per heavy atom. The largest absolute Gasteiger partial charge is 0.462 e.